The van der Waals surface area contributed by atoms with Crippen molar-refractivity contribution in [2.45, 2.75) is 13.8 Å². The predicted molar refractivity (Wildman–Crippen MR) is 121 cm³/mol. The van der Waals surface area contributed by atoms with Gasteiger partial charge in [-0.1, -0.05) is 35.9 Å². The minimum absolute atomic E-state index is 0.0828. The van der Waals surface area contributed by atoms with E-state index in [1.807, 2.05) is 60.8 Å². The number of nitrogens with one attached hydrogen (secondary N) is 1. The topological polar surface area (TPSA) is 89.5 Å². The van der Waals surface area contributed by atoms with Crippen molar-refractivity contribution in [1.29, 1.82) is 0 Å². The molecule has 0 aliphatic rings. The number of pyridine rings is 1. The van der Waals surface area contributed by atoms with E-state index < -0.39 is 10.8 Å². The summed E-state index contributed by atoms with van der Waals surface area (Å²) in [7, 11) is 0. The minimum atomic E-state index is -0.500. The van der Waals surface area contributed by atoms with Crippen molar-refractivity contribution in [3.05, 3.63) is 99.9 Å². The molecule has 154 valence electrons. The lowest BCUT2D eigenvalue weighted by molar-refractivity contribution is -0.384. The van der Waals surface area contributed by atoms with Gasteiger partial charge >= 0.3 is 0 Å². The zero-order valence-corrected chi connectivity index (χ0v) is 17.1. The summed E-state index contributed by atoms with van der Waals surface area (Å²) in [5.41, 5.74) is 5.79. The molecule has 0 aliphatic carbocycles. The molecule has 1 amide bonds. The molecular weight excluding hydrogens is 392 g/mol. The summed E-state index contributed by atoms with van der Waals surface area (Å²) in [4.78, 5) is 27.7. The summed E-state index contributed by atoms with van der Waals surface area (Å²) < 4.78 is 1.93. The van der Waals surface area contributed by atoms with Crippen LogP contribution in [0.15, 0.2) is 72.9 Å². The number of aryl methyl sites for hydroxylation is 2. The van der Waals surface area contributed by atoms with Crippen molar-refractivity contribution in [1.82, 2.24) is 9.38 Å². The third kappa shape index (κ3) is 4.35. The Labute approximate surface area is 178 Å². The van der Waals surface area contributed by atoms with Crippen LogP contribution < -0.4 is 5.32 Å². The van der Waals surface area contributed by atoms with Crippen molar-refractivity contribution in [2.24, 2.45) is 0 Å². The van der Waals surface area contributed by atoms with Crippen LogP contribution in [0.2, 0.25) is 0 Å². The van der Waals surface area contributed by atoms with E-state index in [1.54, 1.807) is 12.1 Å². The summed E-state index contributed by atoms with van der Waals surface area (Å²) in [5.74, 6) is -0.391. The average molecular weight is 412 g/mol. The maximum absolute atomic E-state index is 12.5. The number of non-ortho nitro benzene ring substituents is 1. The van der Waals surface area contributed by atoms with E-state index in [4.69, 9.17) is 4.98 Å². The molecule has 0 saturated carbocycles. The summed E-state index contributed by atoms with van der Waals surface area (Å²) in [6, 6.07) is 17.8. The molecule has 7 heteroatoms. The fraction of sp³-hybridized carbons (Fsp3) is 0.0833. The Morgan fingerprint density at radius 3 is 2.58 bits per heavy atom. The van der Waals surface area contributed by atoms with Gasteiger partial charge in [-0.05, 0) is 43.7 Å². The molecule has 2 heterocycles. The number of benzene rings is 2. The number of hydrogen-bond acceptors (Lipinski definition) is 4. The van der Waals surface area contributed by atoms with Crippen molar-refractivity contribution in [3.8, 4) is 11.3 Å². The highest BCUT2D eigenvalue weighted by molar-refractivity contribution is 6.02. The first kappa shape index (κ1) is 20.0. The highest BCUT2D eigenvalue weighted by Crippen LogP contribution is 2.26. The number of anilines is 1. The number of nitrogens with zero attached hydrogens (tertiary/aromatic N) is 3. The molecule has 0 atom stereocenters. The number of fused-ring (bicyclic) bond motifs is 1. The van der Waals surface area contributed by atoms with Gasteiger partial charge in [0.05, 0.1) is 16.3 Å². The van der Waals surface area contributed by atoms with Crippen LogP contribution in [0.4, 0.5) is 11.4 Å². The van der Waals surface area contributed by atoms with Crippen LogP contribution in [0.3, 0.4) is 0 Å². The first-order valence-electron chi connectivity index (χ1n) is 9.70. The van der Waals surface area contributed by atoms with E-state index >= 15 is 0 Å². The summed E-state index contributed by atoms with van der Waals surface area (Å²) in [6.45, 7) is 4.03. The molecule has 2 aromatic carbocycles. The van der Waals surface area contributed by atoms with Gasteiger partial charge in [0.25, 0.3) is 5.69 Å². The van der Waals surface area contributed by atoms with Gasteiger partial charge in [-0.15, -0.1) is 0 Å². The van der Waals surface area contributed by atoms with E-state index in [0.29, 0.717) is 5.69 Å². The number of aromatic nitrogens is 2. The second-order valence-electron chi connectivity index (χ2n) is 7.27. The van der Waals surface area contributed by atoms with Crippen LogP contribution in [-0.2, 0) is 4.79 Å². The Bertz CT molecular complexity index is 1320. The fourth-order valence-corrected chi connectivity index (χ4v) is 3.28. The molecule has 0 saturated heterocycles. The van der Waals surface area contributed by atoms with Gasteiger partial charge in [-0.2, -0.15) is 0 Å². The Hall–Kier alpha value is -4.26. The lowest BCUT2D eigenvalue weighted by atomic mass is 10.1. The Balaban J connectivity index is 1.68. The molecule has 4 rings (SSSR count). The maximum atomic E-state index is 12.5. The second kappa shape index (κ2) is 8.23. The highest BCUT2D eigenvalue weighted by atomic mass is 16.6. The molecule has 4 aromatic rings. The Kier molecular flexibility index (Phi) is 5.32. The highest BCUT2D eigenvalue weighted by Gasteiger charge is 2.13. The summed E-state index contributed by atoms with van der Waals surface area (Å²) >= 11 is 0. The molecule has 0 spiro atoms. The van der Waals surface area contributed by atoms with E-state index in [2.05, 4.69) is 5.32 Å². The van der Waals surface area contributed by atoms with Gasteiger partial charge in [0, 0.05) is 35.7 Å². The molecule has 0 aliphatic heterocycles. The number of carbonyl (C=O) groups is 1. The molecule has 31 heavy (non-hydrogen) atoms. The second-order valence-corrected chi connectivity index (χ2v) is 7.27. The smallest absolute Gasteiger partial charge is 0.271 e. The van der Waals surface area contributed by atoms with E-state index in [9.17, 15) is 14.9 Å². The van der Waals surface area contributed by atoms with Gasteiger partial charge in [0.1, 0.15) is 5.65 Å². The molecule has 0 fully saturated rings. The molecule has 1 N–H and O–H groups in total. The van der Waals surface area contributed by atoms with Gasteiger partial charge in [0.15, 0.2) is 0 Å². The SMILES string of the molecule is Cc1ccc(-c2nc3cc(C)ccn3c2/C=C/C(=O)Nc2cccc([N+](=O)[O-])c2)cc1. The standard InChI is InChI=1S/C24H20N4O3/c1-16-6-8-18(9-7-16)24-21(27-13-12-17(2)14-22(27)26-24)10-11-23(29)25-19-4-3-5-20(15-19)28(30)31/h3-15H,1-2H3,(H,25,29)/b11-10+. The van der Waals surface area contributed by atoms with Crippen molar-refractivity contribution in [3.63, 3.8) is 0 Å². The fourth-order valence-electron chi connectivity index (χ4n) is 3.28. The maximum Gasteiger partial charge on any atom is 0.271 e. The van der Waals surface area contributed by atoms with E-state index in [-0.39, 0.29) is 5.69 Å². The van der Waals surface area contributed by atoms with Gasteiger partial charge in [0.2, 0.25) is 5.91 Å². The minimum Gasteiger partial charge on any atom is -0.322 e. The first-order chi connectivity index (χ1) is 14.9. The van der Waals surface area contributed by atoms with Crippen molar-refractivity contribution < 1.29 is 9.72 Å². The quantitative estimate of drug-likeness (QED) is 0.278. The zero-order valence-electron chi connectivity index (χ0n) is 17.1. The van der Waals surface area contributed by atoms with Crippen LogP contribution in [0.5, 0.6) is 0 Å². The number of nitro groups is 1. The van der Waals surface area contributed by atoms with Crippen molar-refractivity contribution in [2.75, 3.05) is 5.32 Å². The van der Waals surface area contributed by atoms with E-state index in [0.717, 1.165) is 33.7 Å². The monoisotopic (exact) mass is 412 g/mol. The van der Waals surface area contributed by atoms with Crippen LogP contribution in [0.25, 0.3) is 23.0 Å². The molecule has 7 nitrogen and oxygen atoms in total. The Morgan fingerprint density at radius 2 is 1.84 bits per heavy atom. The number of imidazole rings is 1. The lowest BCUT2D eigenvalue weighted by Crippen LogP contribution is -2.08. The number of carbonyl (C=O) groups excluding carboxylic acids is 1. The number of nitro benzene ring substituents is 1. The molecule has 2 aromatic heterocycles. The van der Waals surface area contributed by atoms with Crippen LogP contribution in [0.1, 0.15) is 16.8 Å². The van der Waals surface area contributed by atoms with E-state index in [1.165, 1.54) is 24.3 Å². The van der Waals surface area contributed by atoms with Crippen LogP contribution in [-0.4, -0.2) is 20.2 Å². The third-order valence-electron chi connectivity index (χ3n) is 4.86. The summed E-state index contributed by atoms with van der Waals surface area (Å²) in [5, 5.41) is 13.6. The van der Waals surface area contributed by atoms with Crippen molar-refractivity contribution >= 4 is 29.0 Å². The number of hydrogen-bond donors (Lipinski definition) is 1. The third-order valence-corrected chi connectivity index (χ3v) is 4.86. The van der Waals surface area contributed by atoms with Gasteiger partial charge in [-0.3, -0.25) is 19.3 Å². The normalized spacial score (nSPS) is 11.2. The molecule has 0 unspecified atom stereocenters. The van der Waals surface area contributed by atoms with Crippen LogP contribution in [0, 0.1) is 24.0 Å². The average Bonchev–Trinajstić information content (AvgIpc) is 3.10. The van der Waals surface area contributed by atoms with Gasteiger partial charge < -0.3 is 5.32 Å². The zero-order chi connectivity index (χ0) is 22.0. The molecule has 0 bridgehead atoms. The largest absolute Gasteiger partial charge is 0.322 e. The number of rotatable bonds is 5. The first-order valence-corrected chi connectivity index (χ1v) is 9.70. The Morgan fingerprint density at radius 1 is 1.06 bits per heavy atom. The summed E-state index contributed by atoms with van der Waals surface area (Å²) in [6.07, 6.45) is 5.03. The lowest BCUT2D eigenvalue weighted by Gasteiger charge is -2.03. The number of amides is 1. The predicted octanol–water partition coefficient (Wildman–Crippen LogP) is 5.18. The van der Waals surface area contributed by atoms with Gasteiger partial charge in [-0.25, -0.2) is 4.98 Å². The molecular formula is C24H20N4O3. The molecule has 0 radical (unpaired) electrons. The van der Waals surface area contributed by atoms with Crippen LogP contribution >= 0.6 is 0 Å².